The first kappa shape index (κ1) is 13.5. The van der Waals surface area contributed by atoms with Crippen molar-refractivity contribution in [3.63, 3.8) is 0 Å². The van der Waals surface area contributed by atoms with Gasteiger partial charge in [0.2, 0.25) is 0 Å². The maximum Gasteiger partial charge on any atom is 0.137 e. The maximum atomic E-state index is 13.4. The van der Waals surface area contributed by atoms with E-state index in [1.54, 1.807) is 6.07 Å². The lowest BCUT2D eigenvalue weighted by Gasteiger charge is -2.35. The molecule has 1 aliphatic carbocycles. The lowest BCUT2D eigenvalue weighted by atomic mass is 9.98. The Morgan fingerprint density at radius 2 is 2.05 bits per heavy atom. The Morgan fingerprint density at radius 3 is 2.68 bits per heavy atom. The summed E-state index contributed by atoms with van der Waals surface area (Å²) in [6.45, 7) is 4.30. The minimum Gasteiger partial charge on any atom is -0.314 e. The summed E-state index contributed by atoms with van der Waals surface area (Å²) in [7, 11) is 0. The van der Waals surface area contributed by atoms with Gasteiger partial charge in [-0.2, -0.15) is 0 Å². The molecule has 1 heterocycles. The number of benzene rings is 1. The predicted molar refractivity (Wildman–Crippen MR) is 78.6 cm³/mol. The van der Waals surface area contributed by atoms with Gasteiger partial charge in [0.1, 0.15) is 5.82 Å². The third-order valence-electron chi connectivity index (χ3n) is 4.17. The molecule has 0 spiro atoms. The molecule has 1 N–H and O–H groups in total. The van der Waals surface area contributed by atoms with Crippen LogP contribution in [0.5, 0.6) is 0 Å². The fourth-order valence-corrected chi connectivity index (χ4v) is 3.28. The Kier molecular flexibility index (Phi) is 4.20. The van der Waals surface area contributed by atoms with E-state index in [1.807, 2.05) is 12.1 Å². The molecule has 4 heteroatoms. The molecule has 0 unspecified atom stereocenters. The lowest BCUT2D eigenvalue weighted by Crippen LogP contribution is -2.45. The van der Waals surface area contributed by atoms with E-state index in [9.17, 15) is 4.39 Å². The highest BCUT2D eigenvalue weighted by atomic mass is 79.9. The number of hydrogen-bond donors (Lipinski definition) is 1. The Morgan fingerprint density at radius 1 is 1.32 bits per heavy atom. The molecule has 1 saturated heterocycles. The van der Waals surface area contributed by atoms with E-state index < -0.39 is 0 Å². The molecular weight excluding hydrogens is 307 g/mol. The molecular formula is C15H20BrFN2. The molecule has 0 radical (unpaired) electrons. The minimum absolute atomic E-state index is 0.172. The fourth-order valence-electron chi connectivity index (χ4n) is 2.88. The first-order valence-corrected chi connectivity index (χ1v) is 7.93. The van der Waals surface area contributed by atoms with Gasteiger partial charge in [-0.25, -0.2) is 4.39 Å². The zero-order valence-electron chi connectivity index (χ0n) is 11.0. The average Bonchev–Trinajstić information content (AvgIpc) is 3.24. The van der Waals surface area contributed by atoms with Gasteiger partial charge in [-0.15, -0.1) is 0 Å². The molecule has 2 nitrogen and oxygen atoms in total. The summed E-state index contributed by atoms with van der Waals surface area (Å²) in [6, 6.07) is 5.95. The van der Waals surface area contributed by atoms with Crippen molar-refractivity contribution in [2.45, 2.75) is 25.3 Å². The van der Waals surface area contributed by atoms with Gasteiger partial charge in [-0.3, -0.25) is 4.90 Å². The molecule has 1 atom stereocenters. The molecule has 1 saturated carbocycles. The highest BCUT2D eigenvalue weighted by Crippen LogP contribution is 2.40. The minimum atomic E-state index is -0.172. The number of nitrogens with zero attached hydrogens (tertiary/aromatic N) is 1. The van der Waals surface area contributed by atoms with Crippen LogP contribution in [-0.4, -0.2) is 31.1 Å². The number of piperazine rings is 1. The van der Waals surface area contributed by atoms with Crippen LogP contribution in [0, 0.1) is 11.7 Å². The van der Waals surface area contributed by atoms with Crippen molar-refractivity contribution in [3.8, 4) is 0 Å². The summed E-state index contributed by atoms with van der Waals surface area (Å²) >= 11 is 3.31. The van der Waals surface area contributed by atoms with Crippen LogP contribution in [0.2, 0.25) is 0 Å². The topological polar surface area (TPSA) is 15.3 Å². The number of nitrogens with one attached hydrogen (secondary N) is 1. The smallest absolute Gasteiger partial charge is 0.137 e. The van der Waals surface area contributed by atoms with E-state index in [1.165, 1.54) is 24.8 Å². The van der Waals surface area contributed by atoms with Crippen molar-refractivity contribution in [1.82, 2.24) is 10.2 Å². The molecule has 2 fully saturated rings. The van der Waals surface area contributed by atoms with E-state index in [-0.39, 0.29) is 5.82 Å². The van der Waals surface area contributed by atoms with Crippen LogP contribution in [0.25, 0.3) is 0 Å². The first-order valence-electron chi connectivity index (χ1n) is 7.14. The van der Waals surface area contributed by atoms with Gasteiger partial charge in [0.25, 0.3) is 0 Å². The van der Waals surface area contributed by atoms with Crippen molar-refractivity contribution < 1.29 is 4.39 Å². The van der Waals surface area contributed by atoms with Crippen LogP contribution in [0.4, 0.5) is 4.39 Å². The van der Waals surface area contributed by atoms with Gasteiger partial charge in [0, 0.05) is 32.2 Å². The lowest BCUT2D eigenvalue weighted by molar-refractivity contribution is 0.160. The number of halogens is 2. The van der Waals surface area contributed by atoms with E-state index in [0.717, 1.165) is 32.1 Å². The summed E-state index contributed by atoms with van der Waals surface area (Å²) in [5, 5.41) is 3.40. The van der Waals surface area contributed by atoms with Crippen LogP contribution in [0.1, 0.15) is 30.9 Å². The van der Waals surface area contributed by atoms with Crippen LogP contribution in [-0.2, 0) is 0 Å². The molecule has 2 aliphatic rings. The van der Waals surface area contributed by atoms with Crippen LogP contribution in [0.3, 0.4) is 0 Å². The maximum absolute atomic E-state index is 13.4. The van der Waals surface area contributed by atoms with Gasteiger partial charge in [0.05, 0.1) is 4.47 Å². The molecule has 1 aromatic carbocycles. The highest BCUT2D eigenvalue weighted by molar-refractivity contribution is 9.10. The summed E-state index contributed by atoms with van der Waals surface area (Å²) in [6.07, 6.45) is 3.95. The van der Waals surface area contributed by atoms with Crippen LogP contribution < -0.4 is 5.32 Å². The van der Waals surface area contributed by atoms with Crippen molar-refractivity contribution in [2.24, 2.45) is 5.92 Å². The molecule has 0 amide bonds. The largest absolute Gasteiger partial charge is 0.314 e. The Labute approximate surface area is 122 Å². The van der Waals surface area contributed by atoms with Crippen molar-refractivity contribution in [3.05, 3.63) is 34.1 Å². The third kappa shape index (κ3) is 3.36. The van der Waals surface area contributed by atoms with Crippen molar-refractivity contribution >= 4 is 15.9 Å². The Hall–Kier alpha value is -0.450. The summed E-state index contributed by atoms with van der Waals surface area (Å²) in [5.74, 6) is 0.706. The summed E-state index contributed by atoms with van der Waals surface area (Å²) in [5.41, 5.74) is 1.25. The molecule has 1 aromatic rings. The SMILES string of the molecule is Fc1ccc([C@H](CC2CC2)N2CCNCC2)cc1Br. The highest BCUT2D eigenvalue weighted by Gasteiger charge is 2.30. The molecule has 19 heavy (non-hydrogen) atoms. The summed E-state index contributed by atoms with van der Waals surface area (Å²) < 4.78 is 14.0. The number of rotatable bonds is 4. The molecule has 0 aromatic heterocycles. The average molecular weight is 327 g/mol. The van der Waals surface area contributed by atoms with Crippen LogP contribution >= 0.6 is 15.9 Å². The van der Waals surface area contributed by atoms with Gasteiger partial charge in [-0.1, -0.05) is 18.9 Å². The standard InChI is InChI=1S/C15H20BrFN2/c16-13-10-12(3-4-14(13)17)15(9-11-1-2-11)19-7-5-18-6-8-19/h3-4,10-11,15,18H,1-2,5-9H2/t15-/m0/s1. The second-order valence-corrected chi connectivity index (χ2v) is 6.51. The first-order chi connectivity index (χ1) is 9.24. The Balaban J connectivity index is 1.81. The van der Waals surface area contributed by atoms with E-state index in [0.29, 0.717) is 10.5 Å². The van der Waals surface area contributed by atoms with Gasteiger partial charge in [-0.05, 0) is 46.0 Å². The quantitative estimate of drug-likeness (QED) is 0.912. The van der Waals surface area contributed by atoms with Gasteiger partial charge < -0.3 is 5.32 Å². The zero-order valence-corrected chi connectivity index (χ0v) is 12.6. The predicted octanol–water partition coefficient (Wildman–Crippen LogP) is 3.33. The third-order valence-corrected chi connectivity index (χ3v) is 4.78. The second kappa shape index (κ2) is 5.90. The van der Waals surface area contributed by atoms with Crippen LogP contribution in [0.15, 0.2) is 22.7 Å². The van der Waals surface area contributed by atoms with E-state index in [4.69, 9.17) is 0 Å². The normalized spacial score (nSPS) is 22.4. The number of hydrogen-bond acceptors (Lipinski definition) is 2. The van der Waals surface area contributed by atoms with Crippen molar-refractivity contribution in [1.29, 1.82) is 0 Å². The van der Waals surface area contributed by atoms with E-state index in [2.05, 4.69) is 26.1 Å². The van der Waals surface area contributed by atoms with Gasteiger partial charge >= 0.3 is 0 Å². The monoisotopic (exact) mass is 326 g/mol. The molecule has 0 bridgehead atoms. The zero-order chi connectivity index (χ0) is 13.2. The Bertz CT molecular complexity index is 442. The molecule has 3 rings (SSSR count). The van der Waals surface area contributed by atoms with Gasteiger partial charge in [0.15, 0.2) is 0 Å². The summed E-state index contributed by atoms with van der Waals surface area (Å²) in [4.78, 5) is 2.55. The second-order valence-electron chi connectivity index (χ2n) is 5.65. The fraction of sp³-hybridized carbons (Fsp3) is 0.600. The van der Waals surface area contributed by atoms with E-state index >= 15 is 0 Å². The molecule has 1 aliphatic heterocycles. The van der Waals surface area contributed by atoms with Crippen molar-refractivity contribution in [2.75, 3.05) is 26.2 Å². The molecule has 104 valence electrons.